The maximum absolute atomic E-state index is 13.3. The van der Waals surface area contributed by atoms with Crippen LogP contribution in [-0.4, -0.2) is 104 Å². The van der Waals surface area contributed by atoms with Gasteiger partial charge in [0.25, 0.3) is 11.8 Å². The molecule has 6 aromatic rings. The lowest BCUT2D eigenvalue weighted by molar-refractivity contribution is 0.0622. The van der Waals surface area contributed by atoms with E-state index in [-0.39, 0.29) is 11.8 Å². The van der Waals surface area contributed by atoms with E-state index in [1.165, 1.54) is 17.7 Å². The monoisotopic (exact) mass is 710 g/mol. The van der Waals surface area contributed by atoms with E-state index in [1.54, 1.807) is 23.6 Å². The van der Waals surface area contributed by atoms with Crippen molar-refractivity contribution < 1.29 is 18.4 Å². The summed E-state index contributed by atoms with van der Waals surface area (Å²) < 4.78 is 26.6. The highest BCUT2D eigenvalue weighted by molar-refractivity contribution is 6.30. The number of amides is 2. The molecule has 2 N–H and O–H groups in total. The van der Waals surface area contributed by atoms with E-state index in [1.807, 2.05) is 53.4 Å². The van der Waals surface area contributed by atoms with Gasteiger partial charge in [0, 0.05) is 87.7 Å². The van der Waals surface area contributed by atoms with Gasteiger partial charge in [0.15, 0.2) is 0 Å². The number of nitrogens with one attached hydrogen (secondary N) is 2. The molecule has 0 spiro atoms. The number of benzene rings is 4. The number of carbonyl (C=O) groups is 2. The number of imidazole rings is 2. The van der Waals surface area contributed by atoms with Gasteiger partial charge in [0.1, 0.15) is 11.6 Å². The molecule has 0 unspecified atom stereocenters. The van der Waals surface area contributed by atoms with Crippen molar-refractivity contribution in [3.05, 3.63) is 130 Å². The Kier molecular flexibility index (Phi) is 10.3. The average molecular weight is 711 g/mol. The molecular weight excluding hydrogens is 674 g/mol. The first-order valence-electron chi connectivity index (χ1n) is 16.9. The second kappa shape index (κ2) is 15.4. The van der Waals surface area contributed by atoms with E-state index < -0.39 is 11.6 Å². The zero-order chi connectivity index (χ0) is 35.3. The molecule has 13 heteroatoms. The van der Waals surface area contributed by atoms with Gasteiger partial charge in [-0.05, 0) is 71.8 Å². The molecule has 0 atom stereocenters. The maximum atomic E-state index is 13.3. The lowest BCUT2D eigenvalue weighted by Crippen LogP contribution is -2.48. The molecule has 262 valence electrons. The maximum Gasteiger partial charge on any atom is 0.254 e. The van der Waals surface area contributed by atoms with E-state index in [0.717, 1.165) is 65.9 Å². The molecule has 2 aliphatic heterocycles. The predicted molar refractivity (Wildman–Crippen MR) is 192 cm³/mol. The number of carbonyl (C=O) groups excluding carboxylic acids is 2. The smallest absolute Gasteiger partial charge is 0.254 e. The standard InChI is InChI=1S/C19H19ClN4O.C19H18F2N4O/c20-16-3-1-2-14(10-16)12-23-6-8-24(9-7-23)19(25)15-4-5-17-18(11-15)22-13-21-17;20-15-7-13(8-16(21)10-15)11-24-3-5-25(6-4-24)19(26)14-1-2-17-18(9-14)23-12-22-17/h1-5,10-11,13H,6-9,12H2,(H,21,22);1-2,7-10,12H,3-6,11H2,(H,22,23). The van der Waals surface area contributed by atoms with Crippen LogP contribution in [0, 0.1) is 11.6 Å². The first kappa shape index (κ1) is 34.3. The van der Waals surface area contributed by atoms with Crippen LogP contribution in [-0.2, 0) is 13.1 Å². The molecule has 2 aromatic heterocycles. The molecular formula is C38H37ClF2N8O2. The Hall–Kier alpha value is -5.17. The molecule has 2 saturated heterocycles. The van der Waals surface area contributed by atoms with E-state index in [0.29, 0.717) is 49.4 Å². The topological polar surface area (TPSA) is 104 Å². The molecule has 0 radical (unpaired) electrons. The molecule has 2 fully saturated rings. The average Bonchev–Trinajstić information content (AvgIpc) is 3.81. The summed E-state index contributed by atoms with van der Waals surface area (Å²) >= 11 is 6.05. The fourth-order valence-electron chi connectivity index (χ4n) is 6.57. The summed E-state index contributed by atoms with van der Waals surface area (Å²) in [5.74, 6) is -1.07. The Morgan fingerprint density at radius 3 is 1.59 bits per heavy atom. The van der Waals surface area contributed by atoms with Gasteiger partial charge >= 0.3 is 0 Å². The largest absolute Gasteiger partial charge is 0.345 e. The third-order valence-corrected chi connectivity index (χ3v) is 9.51. The number of piperazine rings is 2. The van der Waals surface area contributed by atoms with E-state index >= 15 is 0 Å². The number of hydrogen-bond acceptors (Lipinski definition) is 6. The van der Waals surface area contributed by atoms with Crippen LogP contribution in [0.5, 0.6) is 0 Å². The number of halogens is 3. The van der Waals surface area contributed by atoms with Gasteiger partial charge in [-0.2, -0.15) is 0 Å². The summed E-state index contributed by atoms with van der Waals surface area (Å²) in [5, 5.41) is 0.764. The van der Waals surface area contributed by atoms with Gasteiger partial charge in [-0.15, -0.1) is 0 Å². The Morgan fingerprint density at radius 1 is 0.608 bits per heavy atom. The van der Waals surface area contributed by atoms with Crippen LogP contribution in [0.3, 0.4) is 0 Å². The van der Waals surface area contributed by atoms with Gasteiger partial charge < -0.3 is 19.8 Å². The van der Waals surface area contributed by atoms with E-state index in [4.69, 9.17) is 11.6 Å². The summed E-state index contributed by atoms with van der Waals surface area (Å²) in [6, 6.07) is 22.6. The van der Waals surface area contributed by atoms with Crippen molar-refractivity contribution in [2.75, 3.05) is 52.4 Å². The number of fused-ring (bicyclic) bond motifs is 2. The summed E-state index contributed by atoms with van der Waals surface area (Å²) in [5.41, 5.74) is 6.58. The first-order chi connectivity index (χ1) is 24.8. The molecule has 2 amide bonds. The lowest BCUT2D eigenvalue weighted by atomic mass is 10.1. The molecule has 4 heterocycles. The highest BCUT2D eigenvalue weighted by Gasteiger charge is 2.24. The number of H-pyrrole nitrogens is 2. The summed E-state index contributed by atoms with van der Waals surface area (Å²) in [6.07, 6.45) is 3.25. The van der Waals surface area contributed by atoms with E-state index in [9.17, 15) is 18.4 Å². The zero-order valence-corrected chi connectivity index (χ0v) is 28.6. The molecule has 0 aliphatic carbocycles. The number of aromatic amines is 2. The summed E-state index contributed by atoms with van der Waals surface area (Å²) in [6.45, 7) is 7.02. The fraction of sp³-hybridized carbons (Fsp3) is 0.263. The Balaban J connectivity index is 0.000000159. The van der Waals surface area contributed by atoms with Gasteiger partial charge in [-0.3, -0.25) is 19.4 Å². The Labute approximate surface area is 298 Å². The van der Waals surface area contributed by atoms with Crippen molar-refractivity contribution >= 4 is 45.5 Å². The molecule has 4 aromatic carbocycles. The molecule has 2 aliphatic rings. The SMILES string of the molecule is O=C(c1ccc2nc[nH]c2c1)N1CCN(Cc2cc(F)cc(F)c2)CC1.O=C(c1ccc2nc[nH]c2c1)N1CCN(Cc2cccc(Cl)c2)CC1. The molecule has 8 rings (SSSR count). The minimum absolute atomic E-state index is 0.0158. The third kappa shape index (κ3) is 8.42. The van der Waals surface area contributed by atoms with Crippen molar-refractivity contribution in [1.29, 1.82) is 0 Å². The molecule has 0 saturated carbocycles. The van der Waals surface area contributed by atoms with Crippen molar-refractivity contribution in [2.45, 2.75) is 13.1 Å². The Bertz CT molecular complexity index is 2130. The van der Waals surface area contributed by atoms with Crippen molar-refractivity contribution in [1.82, 2.24) is 39.5 Å². The van der Waals surface area contributed by atoms with Crippen LogP contribution in [0.15, 0.2) is 91.5 Å². The van der Waals surface area contributed by atoms with Crippen LogP contribution < -0.4 is 0 Å². The summed E-state index contributed by atoms with van der Waals surface area (Å²) in [4.78, 5) is 48.0. The van der Waals surface area contributed by atoms with Crippen molar-refractivity contribution in [3.63, 3.8) is 0 Å². The van der Waals surface area contributed by atoms with Crippen LogP contribution in [0.4, 0.5) is 8.78 Å². The summed E-state index contributed by atoms with van der Waals surface area (Å²) in [7, 11) is 0. The van der Waals surface area contributed by atoms with E-state index in [2.05, 4.69) is 35.8 Å². The first-order valence-corrected chi connectivity index (χ1v) is 17.2. The third-order valence-electron chi connectivity index (χ3n) is 9.28. The van der Waals surface area contributed by atoms with Crippen molar-refractivity contribution in [2.24, 2.45) is 0 Å². The van der Waals surface area contributed by atoms with Crippen LogP contribution >= 0.6 is 11.6 Å². The predicted octanol–water partition coefficient (Wildman–Crippen LogP) is 5.97. The minimum Gasteiger partial charge on any atom is -0.345 e. The number of hydrogen-bond donors (Lipinski definition) is 2. The van der Waals surface area contributed by atoms with Gasteiger partial charge in [0.05, 0.1) is 34.7 Å². The minimum atomic E-state index is -0.567. The Morgan fingerprint density at radius 2 is 1.10 bits per heavy atom. The van der Waals surface area contributed by atoms with Crippen LogP contribution in [0.2, 0.25) is 5.02 Å². The van der Waals surface area contributed by atoms with Gasteiger partial charge in [-0.1, -0.05) is 23.7 Å². The second-order valence-electron chi connectivity index (χ2n) is 12.8. The number of nitrogens with zero attached hydrogens (tertiary/aromatic N) is 6. The number of aromatic nitrogens is 4. The highest BCUT2D eigenvalue weighted by Crippen LogP contribution is 2.19. The van der Waals surface area contributed by atoms with Crippen LogP contribution in [0.1, 0.15) is 31.8 Å². The zero-order valence-electron chi connectivity index (χ0n) is 27.9. The van der Waals surface area contributed by atoms with Gasteiger partial charge in [0.2, 0.25) is 0 Å². The quantitative estimate of drug-likeness (QED) is 0.221. The second-order valence-corrected chi connectivity index (χ2v) is 13.2. The fourth-order valence-corrected chi connectivity index (χ4v) is 6.79. The highest BCUT2D eigenvalue weighted by atomic mass is 35.5. The number of rotatable bonds is 6. The molecule has 0 bridgehead atoms. The lowest BCUT2D eigenvalue weighted by Gasteiger charge is -2.34. The normalized spacial score (nSPS) is 15.6. The molecule has 51 heavy (non-hydrogen) atoms. The van der Waals surface area contributed by atoms with Crippen molar-refractivity contribution in [3.8, 4) is 0 Å². The van der Waals surface area contributed by atoms with Gasteiger partial charge in [-0.25, -0.2) is 18.7 Å². The van der Waals surface area contributed by atoms with Crippen LogP contribution in [0.25, 0.3) is 22.1 Å². The molecule has 10 nitrogen and oxygen atoms in total.